The van der Waals surface area contributed by atoms with Crippen LogP contribution in [0, 0.1) is 11.3 Å². The van der Waals surface area contributed by atoms with E-state index in [1.54, 1.807) is 30.6 Å². The number of amides is 1. The van der Waals surface area contributed by atoms with Gasteiger partial charge in [0.25, 0.3) is 5.91 Å². The zero-order chi connectivity index (χ0) is 18.9. The number of nitrogens with one attached hydrogen (secondary N) is 1. The third-order valence-electron chi connectivity index (χ3n) is 3.58. The van der Waals surface area contributed by atoms with Gasteiger partial charge in [0.15, 0.2) is 11.5 Å². The molecule has 0 saturated heterocycles. The van der Waals surface area contributed by atoms with E-state index in [1.807, 2.05) is 12.1 Å². The summed E-state index contributed by atoms with van der Waals surface area (Å²) >= 11 is 0. The molecular formula is C19H19N3O4. The van der Waals surface area contributed by atoms with Crippen molar-refractivity contribution in [2.24, 2.45) is 0 Å². The topological polar surface area (TPSA) is 93.5 Å². The first kappa shape index (κ1) is 18.8. The molecule has 0 radical (unpaired) electrons. The molecule has 0 saturated carbocycles. The molecular weight excluding hydrogens is 334 g/mol. The second kappa shape index (κ2) is 9.08. The van der Waals surface area contributed by atoms with Crippen LogP contribution in [0.4, 0.5) is 0 Å². The first-order valence-electron chi connectivity index (χ1n) is 7.71. The summed E-state index contributed by atoms with van der Waals surface area (Å²) in [7, 11) is 4.51. The van der Waals surface area contributed by atoms with Crippen molar-refractivity contribution in [3.63, 3.8) is 0 Å². The van der Waals surface area contributed by atoms with Gasteiger partial charge in [0.1, 0.15) is 17.4 Å². The van der Waals surface area contributed by atoms with Crippen LogP contribution in [0.3, 0.4) is 0 Å². The summed E-state index contributed by atoms with van der Waals surface area (Å²) in [5.74, 6) is 0.914. The van der Waals surface area contributed by atoms with Crippen LogP contribution in [-0.2, 0) is 11.3 Å². The van der Waals surface area contributed by atoms with Crippen molar-refractivity contribution in [2.75, 3.05) is 21.3 Å². The molecule has 1 amide bonds. The van der Waals surface area contributed by atoms with Gasteiger partial charge in [0, 0.05) is 30.6 Å². The van der Waals surface area contributed by atoms with Crippen molar-refractivity contribution in [1.82, 2.24) is 10.3 Å². The lowest BCUT2D eigenvalue weighted by Crippen LogP contribution is -2.24. The molecule has 1 N–H and O–H groups in total. The maximum absolute atomic E-state index is 12.3. The molecule has 0 bridgehead atoms. The number of benzene rings is 1. The van der Waals surface area contributed by atoms with Gasteiger partial charge in [-0.05, 0) is 23.8 Å². The highest BCUT2D eigenvalue weighted by atomic mass is 16.5. The lowest BCUT2D eigenvalue weighted by Gasteiger charge is -2.12. The minimum atomic E-state index is -0.492. The number of carbonyl (C=O) groups is 1. The lowest BCUT2D eigenvalue weighted by molar-refractivity contribution is -0.117. The highest BCUT2D eigenvalue weighted by molar-refractivity contribution is 6.02. The SMILES string of the molecule is COc1cc(OC)c(OC)cc1/C=C(\C#N)C(=O)NCc1cccnc1. The highest BCUT2D eigenvalue weighted by Crippen LogP contribution is 2.35. The van der Waals surface area contributed by atoms with Crippen LogP contribution in [0.1, 0.15) is 11.1 Å². The number of aromatic nitrogens is 1. The van der Waals surface area contributed by atoms with Gasteiger partial charge in [-0.25, -0.2) is 0 Å². The number of ether oxygens (including phenoxy) is 3. The van der Waals surface area contributed by atoms with Crippen molar-refractivity contribution in [3.05, 3.63) is 53.4 Å². The number of hydrogen-bond donors (Lipinski definition) is 1. The van der Waals surface area contributed by atoms with Crippen molar-refractivity contribution < 1.29 is 19.0 Å². The summed E-state index contributed by atoms with van der Waals surface area (Å²) in [6, 6.07) is 8.79. The second-order valence-electron chi connectivity index (χ2n) is 5.16. The molecule has 134 valence electrons. The predicted molar refractivity (Wildman–Crippen MR) is 95.8 cm³/mol. The molecule has 0 fully saturated rings. The fourth-order valence-corrected chi connectivity index (χ4v) is 2.25. The Balaban J connectivity index is 2.27. The van der Waals surface area contributed by atoms with Gasteiger partial charge in [0.05, 0.1) is 21.3 Å². The zero-order valence-electron chi connectivity index (χ0n) is 14.8. The Hall–Kier alpha value is -3.53. The Labute approximate surface area is 151 Å². The largest absolute Gasteiger partial charge is 0.496 e. The fourth-order valence-electron chi connectivity index (χ4n) is 2.25. The highest BCUT2D eigenvalue weighted by Gasteiger charge is 2.14. The molecule has 1 heterocycles. The Kier molecular flexibility index (Phi) is 6.57. The molecule has 26 heavy (non-hydrogen) atoms. The van der Waals surface area contributed by atoms with Crippen LogP contribution in [0.2, 0.25) is 0 Å². The second-order valence-corrected chi connectivity index (χ2v) is 5.16. The van der Waals surface area contributed by atoms with Crippen molar-refractivity contribution in [2.45, 2.75) is 6.54 Å². The van der Waals surface area contributed by atoms with E-state index in [0.29, 0.717) is 22.8 Å². The van der Waals surface area contributed by atoms with Crippen LogP contribution in [0.15, 0.2) is 42.2 Å². The molecule has 1 aromatic carbocycles. The monoisotopic (exact) mass is 353 g/mol. The summed E-state index contributed by atoms with van der Waals surface area (Å²) in [5, 5.41) is 12.0. The standard InChI is InChI=1S/C19H19N3O4/c1-24-16-9-18(26-3)17(25-2)8-14(16)7-15(10-20)19(23)22-12-13-5-4-6-21-11-13/h4-9,11H,12H2,1-3H3,(H,22,23)/b15-7+. The number of pyridine rings is 1. The maximum atomic E-state index is 12.3. The van der Waals surface area contributed by atoms with E-state index in [1.165, 1.54) is 27.4 Å². The number of nitrogens with zero attached hydrogens (tertiary/aromatic N) is 2. The number of hydrogen-bond acceptors (Lipinski definition) is 6. The van der Waals surface area contributed by atoms with Gasteiger partial charge in [-0.15, -0.1) is 0 Å². The Morgan fingerprint density at radius 2 is 1.88 bits per heavy atom. The van der Waals surface area contributed by atoms with E-state index >= 15 is 0 Å². The molecule has 7 nitrogen and oxygen atoms in total. The number of carbonyl (C=O) groups excluding carboxylic acids is 1. The first-order chi connectivity index (χ1) is 12.6. The number of nitriles is 1. The molecule has 0 atom stereocenters. The molecule has 0 unspecified atom stereocenters. The lowest BCUT2D eigenvalue weighted by atomic mass is 10.1. The van der Waals surface area contributed by atoms with Gasteiger partial charge in [-0.1, -0.05) is 6.07 Å². The molecule has 2 aromatic rings. The third-order valence-corrected chi connectivity index (χ3v) is 3.58. The van der Waals surface area contributed by atoms with E-state index in [0.717, 1.165) is 5.56 Å². The van der Waals surface area contributed by atoms with E-state index < -0.39 is 5.91 Å². The number of rotatable bonds is 7. The Bertz CT molecular complexity index is 842. The van der Waals surface area contributed by atoms with E-state index in [9.17, 15) is 10.1 Å². The van der Waals surface area contributed by atoms with Crippen LogP contribution in [0.5, 0.6) is 17.2 Å². The zero-order valence-corrected chi connectivity index (χ0v) is 14.8. The van der Waals surface area contributed by atoms with Crippen LogP contribution >= 0.6 is 0 Å². The molecule has 1 aromatic heterocycles. The van der Waals surface area contributed by atoms with E-state index in [2.05, 4.69) is 10.3 Å². The Morgan fingerprint density at radius 1 is 1.19 bits per heavy atom. The van der Waals surface area contributed by atoms with Crippen molar-refractivity contribution in [3.8, 4) is 23.3 Å². The maximum Gasteiger partial charge on any atom is 0.262 e. The molecule has 2 rings (SSSR count). The first-order valence-corrected chi connectivity index (χ1v) is 7.71. The molecule has 7 heteroatoms. The van der Waals surface area contributed by atoms with Crippen molar-refractivity contribution in [1.29, 1.82) is 5.26 Å². The van der Waals surface area contributed by atoms with Gasteiger partial charge < -0.3 is 19.5 Å². The van der Waals surface area contributed by atoms with Gasteiger partial charge in [-0.2, -0.15) is 5.26 Å². The fraction of sp³-hybridized carbons (Fsp3) is 0.211. The quantitative estimate of drug-likeness (QED) is 0.606. The average molecular weight is 353 g/mol. The molecule has 0 aliphatic rings. The minimum Gasteiger partial charge on any atom is -0.496 e. The minimum absolute atomic E-state index is 0.0561. The Morgan fingerprint density at radius 3 is 2.46 bits per heavy atom. The van der Waals surface area contributed by atoms with Crippen molar-refractivity contribution >= 4 is 12.0 Å². The molecule has 0 spiro atoms. The van der Waals surface area contributed by atoms with E-state index in [-0.39, 0.29) is 12.1 Å². The number of methoxy groups -OCH3 is 3. The van der Waals surface area contributed by atoms with Crippen LogP contribution < -0.4 is 19.5 Å². The van der Waals surface area contributed by atoms with Gasteiger partial charge in [0.2, 0.25) is 0 Å². The van der Waals surface area contributed by atoms with Crippen LogP contribution in [0.25, 0.3) is 6.08 Å². The van der Waals surface area contributed by atoms with Gasteiger partial charge >= 0.3 is 0 Å². The van der Waals surface area contributed by atoms with E-state index in [4.69, 9.17) is 14.2 Å². The van der Waals surface area contributed by atoms with Gasteiger partial charge in [-0.3, -0.25) is 9.78 Å². The normalized spacial score (nSPS) is 10.6. The third kappa shape index (κ3) is 4.51. The predicted octanol–water partition coefficient (Wildman–Crippen LogP) is 2.33. The summed E-state index contributed by atoms with van der Waals surface area (Å²) in [6.07, 6.45) is 4.74. The molecule has 0 aliphatic heterocycles. The summed E-state index contributed by atoms with van der Waals surface area (Å²) in [6.45, 7) is 0.273. The van der Waals surface area contributed by atoms with Crippen LogP contribution in [-0.4, -0.2) is 32.2 Å². The smallest absolute Gasteiger partial charge is 0.262 e. The summed E-state index contributed by atoms with van der Waals surface area (Å²) < 4.78 is 15.8. The average Bonchev–Trinajstić information content (AvgIpc) is 2.70. The molecule has 0 aliphatic carbocycles. The summed E-state index contributed by atoms with van der Waals surface area (Å²) in [5.41, 5.74) is 1.31. The summed E-state index contributed by atoms with van der Waals surface area (Å²) in [4.78, 5) is 16.3.